The molecule has 2 aliphatic heterocycles. The van der Waals surface area contributed by atoms with Gasteiger partial charge in [0.15, 0.2) is 0 Å². The molecule has 6 rings (SSSR count). The first kappa shape index (κ1) is 35.4. The van der Waals surface area contributed by atoms with E-state index in [-0.39, 0.29) is 6.54 Å². The summed E-state index contributed by atoms with van der Waals surface area (Å²) in [4.78, 5) is 4.65. The van der Waals surface area contributed by atoms with Crippen LogP contribution < -0.4 is 19.0 Å². The molecular weight excluding hydrogens is 784 g/mol. The molecule has 17 heteroatoms. The Hall–Kier alpha value is -3.39. The molecule has 0 aliphatic carbocycles. The van der Waals surface area contributed by atoms with Crippen LogP contribution in [-0.2, 0) is 9.47 Å². The number of alkyl halides is 5. The van der Waals surface area contributed by atoms with Gasteiger partial charge in [-0.25, -0.2) is 0 Å². The van der Waals surface area contributed by atoms with E-state index in [4.69, 9.17) is 9.47 Å². The summed E-state index contributed by atoms with van der Waals surface area (Å²) in [6.45, 7) is 6.47. The predicted molar refractivity (Wildman–Crippen MR) is 188 cm³/mol. The van der Waals surface area contributed by atoms with Crippen molar-refractivity contribution in [2.45, 2.75) is 44.8 Å². The average molecular weight is 820 g/mol. The number of hydrazine groups is 1. The zero-order valence-electron chi connectivity index (χ0n) is 26.5. The summed E-state index contributed by atoms with van der Waals surface area (Å²) in [5.41, 5.74) is 8.04. The maximum atomic E-state index is 13.4. The van der Waals surface area contributed by atoms with Gasteiger partial charge in [-0.05, 0) is 0 Å². The quantitative estimate of drug-likeness (QED) is 0.0734. The number of nitrogens with zero attached hydrogens (tertiary/aromatic N) is 4. The molecule has 0 radical (unpaired) electrons. The minimum absolute atomic E-state index is 0.245. The first-order valence-corrected chi connectivity index (χ1v) is 21.1. The molecule has 2 fully saturated rings. The van der Waals surface area contributed by atoms with Crippen molar-refractivity contribution in [2.24, 2.45) is 0 Å². The van der Waals surface area contributed by atoms with E-state index in [0.29, 0.717) is 42.2 Å². The van der Waals surface area contributed by atoms with Gasteiger partial charge >= 0.3 is 237 Å². The zero-order chi connectivity index (χ0) is 34.6. The number of ether oxygens (including phenoxy) is 3. The third-order valence-electron chi connectivity index (χ3n) is 7.41. The van der Waals surface area contributed by atoms with Crippen molar-refractivity contribution >= 4 is 45.2 Å². The Morgan fingerprint density at radius 3 is 2.39 bits per heavy atom. The first-order valence-electron chi connectivity index (χ1n) is 15.5. The Kier molecular flexibility index (Phi) is 11.0. The second-order valence-electron chi connectivity index (χ2n) is 11.3. The van der Waals surface area contributed by atoms with Crippen molar-refractivity contribution in [3.05, 3.63) is 78.4 Å². The van der Waals surface area contributed by atoms with E-state index in [2.05, 4.69) is 70.4 Å². The number of hydrogen-bond acceptors (Lipinski definition) is 10. The molecule has 3 N–H and O–H groups in total. The summed E-state index contributed by atoms with van der Waals surface area (Å²) in [5, 5.41) is 7.76. The Morgan fingerprint density at radius 1 is 0.980 bits per heavy atom. The van der Waals surface area contributed by atoms with Gasteiger partial charge < -0.3 is 14.2 Å². The number of nitrogens with one attached hydrogen (secondary N) is 3. The summed E-state index contributed by atoms with van der Waals surface area (Å²) in [5.74, 6) is 1.51. The number of halogens is 6. The number of anilines is 3. The van der Waals surface area contributed by atoms with Crippen molar-refractivity contribution in [1.82, 2.24) is 18.0 Å². The van der Waals surface area contributed by atoms with Crippen LogP contribution in [0, 0.1) is 0 Å². The SMILES string of the molecule is CC(C)c1ccccc1NI1SCCCN1Nc1ccc(-c2nc(NCC3OCCO3)n(-c3ccc(OC(F)(F)C(F)(F)F)cc3)n2)cc1. The van der Waals surface area contributed by atoms with Crippen LogP contribution >= 0.6 is 27.9 Å². The van der Waals surface area contributed by atoms with Crippen molar-refractivity contribution < 1.29 is 36.2 Å². The molecule has 264 valence electrons. The maximum absolute atomic E-state index is 13.4. The van der Waals surface area contributed by atoms with E-state index in [1.54, 1.807) is 0 Å². The third kappa shape index (κ3) is 8.68. The van der Waals surface area contributed by atoms with Crippen molar-refractivity contribution in [1.29, 1.82) is 0 Å². The molecule has 0 saturated carbocycles. The Labute approximate surface area is 290 Å². The third-order valence-corrected chi connectivity index (χ3v) is 15.6. The topological polar surface area (TPSA) is 97.7 Å². The predicted octanol–water partition coefficient (Wildman–Crippen LogP) is 8.51. The second kappa shape index (κ2) is 15.2. The van der Waals surface area contributed by atoms with Gasteiger partial charge in [0.1, 0.15) is 5.75 Å². The van der Waals surface area contributed by atoms with Crippen LogP contribution in [0.1, 0.15) is 31.7 Å². The average Bonchev–Trinajstić information content (AvgIpc) is 3.75. The molecule has 2 saturated heterocycles. The molecule has 49 heavy (non-hydrogen) atoms. The molecule has 2 aliphatic rings. The number of benzene rings is 3. The van der Waals surface area contributed by atoms with Crippen LogP contribution in [0.15, 0.2) is 72.8 Å². The molecule has 0 bridgehead atoms. The number of hydrogen-bond donors (Lipinski definition) is 3. The summed E-state index contributed by atoms with van der Waals surface area (Å²) in [6, 6.07) is 20.8. The fraction of sp³-hybridized carbons (Fsp3) is 0.375. The Bertz CT molecular complexity index is 1690. The van der Waals surface area contributed by atoms with Crippen molar-refractivity contribution in [3.63, 3.8) is 0 Å². The standard InChI is InChI=1S/C32H35F5IN7O3S/c1-21(2)26-6-3-4-7-27(26)41-38-44(16-5-19-49-38)42-23-10-8-22(9-11-23)29-40-30(39-20-28-46-17-18-47-28)45(43-29)24-12-14-25(15-13-24)48-32(36,37)31(33,34)35/h3-4,6-15,21,28,41-42H,5,16-20H2,1-2H3,(H,39,40,43). The molecule has 4 aromatic rings. The van der Waals surface area contributed by atoms with Gasteiger partial charge in [-0.15, -0.1) is 0 Å². The molecular formula is C32H35F5IN7O3S. The number of aromatic nitrogens is 3. The molecule has 0 atom stereocenters. The van der Waals surface area contributed by atoms with E-state index in [1.807, 2.05) is 33.2 Å². The summed E-state index contributed by atoms with van der Waals surface area (Å²) in [6.07, 6.45) is -10.6. The molecule has 3 heterocycles. The van der Waals surface area contributed by atoms with Crippen LogP contribution in [0.25, 0.3) is 17.1 Å². The second-order valence-corrected chi connectivity index (χ2v) is 18.8. The van der Waals surface area contributed by atoms with Crippen LogP contribution in [0.4, 0.5) is 39.3 Å². The normalized spacial score (nSPS) is 17.0. The van der Waals surface area contributed by atoms with Gasteiger partial charge in [0.05, 0.1) is 13.2 Å². The zero-order valence-corrected chi connectivity index (χ0v) is 29.5. The van der Waals surface area contributed by atoms with Gasteiger partial charge in [0.25, 0.3) is 0 Å². The van der Waals surface area contributed by atoms with E-state index < -0.39 is 43.3 Å². The van der Waals surface area contributed by atoms with Crippen LogP contribution in [-0.4, -0.2) is 68.6 Å². The van der Waals surface area contributed by atoms with Gasteiger partial charge in [-0.3, -0.25) is 0 Å². The van der Waals surface area contributed by atoms with Gasteiger partial charge in [0.2, 0.25) is 0 Å². The molecule has 0 unspecified atom stereocenters. The van der Waals surface area contributed by atoms with Crippen molar-refractivity contribution in [2.75, 3.05) is 46.3 Å². The molecule has 0 spiro atoms. The summed E-state index contributed by atoms with van der Waals surface area (Å²) >= 11 is -1.84. The first-order chi connectivity index (χ1) is 23.5. The monoisotopic (exact) mass is 819 g/mol. The Balaban J connectivity index is 1.19. The number of para-hydroxylation sites is 1. The number of rotatable bonds is 12. The van der Waals surface area contributed by atoms with Gasteiger partial charge in [-0.1, -0.05) is 0 Å². The molecule has 3 aromatic carbocycles. The van der Waals surface area contributed by atoms with E-state index in [1.165, 1.54) is 28.1 Å². The molecule has 0 amide bonds. The molecule has 1 aromatic heterocycles. The summed E-state index contributed by atoms with van der Waals surface area (Å²) in [7, 11) is 1.99. The van der Waals surface area contributed by atoms with Crippen LogP contribution in [0.3, 0.4) is 0 Å². The minimum atomic E-state index is -5.85. The van der Waals surface area contributed by atoms with E-state index in [9.17, 15) is 22.0 Å². The summed E-state index contributed by atoms with van der Waals surface area (Å²) < 4.78 is 87.3. The van der Waals surface area contributed by atoms with Gasteiger partial charge in [0, 0.05) is 0 Å². The fourth-order valence-corrected chi connectivity index (χ4v) is 13.0. The fourth-order valence-electron chi connectivity index (χ4n) is 4.94. The van der Waals surface area contributed by atoms with Crippen LogP contribution in [0.5, 0.6) is 5.75 Å². The Morgan fingerprint density at radius 2 is 1.69 bits per heavy atom. The van der Waals surface area contributed by atoms with Gasteiger partial charge in [-0.2, -0.15) is 22.0 Å². The van der Waals surface area contributed by atoms with Crippen LogP contribution in [0.2, 0.25) is 0 Å². The molecule has 10 nitrogen and oxygen atoms in total. The van der Waals surface area contributed by atoms with E-state index >= 15 is 0 Å². The van der Waals surface area contributed by atoms with Crippen molar-refractivity contribution in [3.8, 4) is 22.8 Å². The van der Waals surface area contributed by atoms with E-state index in [0.717, 1.165) is 36.5 Å².